The Morgan fingerprint density at radius 2 is 2.17 bits per heavy atom. The van der Waals surface area contributed by atoms with E-state index < -0.39 is 0 Å². The second kappa shape index (κ2) is 6.91. The lowest BCUT2D eigenvalue weighted by atomic mass is 10.2. The summed E-state index contributed by atoms with van der Waals surface area (Å²) in [6.07, 6.45) is 1.58. The summed E-state index contributed by atoms with van der Waals surface area (Å²) in [6.45, 7) is 4.94. The highest BCUT2D eigenvalue weighted by molar-refractivity contribution is 7.13. The number of nitrogens with one attached hydrogen (secondary N) is 1. The molecule has 0 radical (unpaired) electrons. The highest BCUT2D eigenvalue weighted by atomic mass is 32.1. The molecular weight excluding hydrogens is 317 g/mol. The third kappa shape index (κ3) is 3.42. The van der Waals surface area contributed by atoms with E-state index in [0.717, 1.165) is 11.7 Å². The number of aromatic nitrogens is 2. The number of amides is 1. The summed E-state index contributed by atoms with van der Waals surface area (Å²) in [5, 5.41) is 5.62. The zero-order chi connectivity index (χ0) is 16.2. The van der Waals surface area contributed by atoms with Crippen molar-refractivity contribution in [3.05, 3.63) is 35.2 Å². The van der Waals surface area contributed by atoms with Gasteiger partial charge in [-0.15, -0.1) is 11.3 Å². The maximum Gasteiger partial charge on any atom is 0.273 e. The minimum Gasteiger partial charge on any atom is -0.362 e. The van der Waals surface area contributed by atoms with Gasteiger partial charge in [-0.05, 0) is 19.1 Å². The van der Waals surface area contributed by atoms with Crippen molar-refractivity contribution >= 4 is 28.2 Å². The summed E-state index contributed by atoms with van der Waals surface area (Å²) >= 11 is 1.43. The van der Waals surface area contributed by atoms with Crippen LogP contribution in [-0.2, 0) is 0 Å². The van der Waals surface area contributed by atoms with Gasteiger partial charge in [-0.1, -0.05) is 0 Å². The lowest BCUT2D eigenvalue weighted by Crippen LogP contribution is -2.49. The largest absolute Gasteiger partial charge is 0.362 e. The van der Waals surface area contributed by atoms with Crippen molar-refractivity contribution < 1.29 is 9.18 Å². The van der Waals surface area contributed by atoms with Crippen LogP contribution in [0.15, 0.2) is 23.7 Å². The third-order valence-electron chi connectivity index (χ3n) is 3.66. The second-order valence-electron chi connectivity index (χ2n) is 5.16. The number of halogens is 1. The summed E-state index contributed by atoms with van der Waals surface area (Å²) in [7, 11) is 0. The van der Waals surface area contributed by atoms with Gasteiger partial charge >= 0.3 is 0 Å². The first-order valence-electron chi connectivity index (χ1n) is 7.53. The molecule has 3 heterocycles. The van der Waals surface area contributed by atoms with Crippen molar-refractivity contribution in [1.82, 2.24) is 14.9 Å². The average molecular weight is 335 g/mol. The molecule has 8 heteroatoms. The number of hydrogen-bond acceptors (Lipinski definition) is 6. The van der Waals surface area contributed by atoms with Crippen molar-refractivity contribution in [2.24, 2.45) is 0 Å². The van der Waals surface area contributed by atoms with Crippen LogP contribution in [0.5, 0.6) is 0 Å². The number of piperazine rings is 1. The number of pyridine rings is 1. The number of carbonyl (C=O) groups excluding carboxylic acids is 1. The van der Waals surface area contributed by atoms with E-state index in [4.69, 9.17) is 0 Å². The van der Waals surface area contributed by atoms with Gasteiger partial charge in [-0.2, -0.15) is 0 Å². The molecule has 122 valence electrons. The highest BCUT2D eigenvalue weighted by Crippen LogP contribution is 2.20. The van der Waals surface area contributed by atoms with Crippen LogP contribution in [0.25, 0.3) is 0 Å². The van der Waals surface area contributed by atoms with Crippen LogP contribution < -0.4 is 10.2 Å². The lowest BCUT2D eigenvalue weighted by molar-refractivity contribution is 0.0741. The minimum absolute atomic E-state index is 0.0773. The topological polar surface area (TPSA) is 61.4 Å². The molecule has 1 aliphatic rings. The molecular formula is C15H18FN5OS. The van der Waals surface area contributed by atoms with E-state index in [2.05, 4.69) is 15.3 Å². The van der Waals surface area contributed by atoms with E-state index in [1.165, 1.54) is 17.4 Å². The number of hydrogen-bond donors (Lipinski definition) is 1. The fraction of sp³-hybridized carbons (Fsp3) is 0.400. The van der Waals surface area contributed by atoms with Crippen LogP contribution in [0.4, 0.5) is 15.3 Å². The third-order valence-corrected chi connectivity index (χ3v) is 4.46. The molecule has 3 rings (SSSR count). The quantitative estimate of drug-likeness (QED) is 0.927. The van der Waals surface area contributed by atoms with Crippen LogP contribution in [0.1, 0.15) is 17.4 Å². The number of anilines is 2. The highest BCUT2D eigenvalue weighted by Gasteiger charge is 2.25. The number of thiazole rings is 1. The van der Waals surface area contributed by atoms with E-state index >= 15 is 0 Å². The molecule has 2 aromatic rings. The van der Waals surface area contributed by atoms with Crippen LogP contribution in [0.2, 0.25) is 0 Å². The van der Waals surface area contributed by atoms with Gasteiger partial charge in [0.2, 0.25) is 0 Å². The SMILES string of the molecule is CCNc1nc(C(=O)N2CCN(c3ncccc3F)CC2)cs1. The minimum atomic E-state index is -0.331. The molecule has 1 N–H and O–H groups in total. The molecule has 6 nitrogen and oxygen atoms in total. The predicted molar refractivity (Wildman–Crippen MR) is 88.6 cm³/mol. The average Bonchev–Trinajstić information content (AvgIpc) is 3.04. The summed E-state index contributed by atoms with van der Waals surface area (Å²) in [5.41, 5.74) is 0.461. The van der Waals surface area contributed by atoms with Gasteiger partial charge in [-0.3, -0.25) is 4.79 Å². The fourth-order valence-corrected chi connectivity index (χ4v) is 3.25. The maximum absolute atomic E-state index is 13.8. The maximum atomic E-state index is 13.8. The standard InChI is InChI=1S/C15H18FN5OS/c1-2-17-15-19-12(10-23-15)14(22)21-8-6-20(7-9-21)13-11(16)4-3-5-18-13/h3-5,10H,2,6-9H2,1H3,(H,17,19). The first-order valence-corrected chi connectivity index (χ1v) is 8.41. The van der Waals surface area contributed by atoms with Gasteiger partial charge in [0.05, 0.1) is 0 Å². The molecule has 0 bridgehead atoms. The van der Waals surface area contributed by atoms with Crippen molar-refractivity contribution in [3.8, 4) is 0 Å². The fourth-order valence-electron chi connectivity index (χ4n) is 2.50. The Labute approximate surface area is 138 Å². The van der Waals surface area contributed by atoms with Crippen LogP contribution >= 0.6 is 11.3 Å². The van der Waals surface area contributed by atoms with E-state index in [1.807, 2.05) is 11.8 Å². The first-order chi connectivity index (χ1) is 11.2. The van der Waals surface area contributed by atoms with Crippen molar-refractivity contribution in [1.29, 1.82) is 0 Å². The van der Waals surface area contributed by atoms with Crippen LogP contribution in [0, 0.1) is 5.82 Å². The summed E-state index contributed by atoms with van der Waals surface area (Å²) in [4.78, 5) is 24.5. The molecule has 1 saturated heterocycles. The van der Waals surface area contributed by atoms with Crippen molar-refractivity contribution in [3.63, 3.8) is 0 Å². The Morgan fingerprint density at radius 1 is 1.39 bits per heavy atom. The van der Waals surface area contributed by atoms with Gasteiger partial charge in [0.25, 0.3) is 5.91 Å². The van der Waals surface area contributed by atoms with E-state index in [0.29, 0.717) is 37.7 Å². The molecule has 0 atom stereocenters. The molecule has 0 unspecified atom stereocenters. The molecule has 0 saturated carbocycles. The van der Waals surface area contributed by atoms with Gasteiger partial charge in [0.1, 0.15) is 5.69 Å². The van der Waals surface area contributed by atoms with E-state index in [1.54, 1.807) is 22.5 Å². The molecule has 1 aliphatic heterocycles. The Balaban J connectivity index is 1.62. The summed E-state index contributed by atoms with van der Waals surface area (Å²) in [5.74, 6) is -0.0590. The normalized spacial score (nSPS) is 14.9. The summed E-state index contributed by atoms with van der Waals surface area (Å²) < 4.78 is 13.8. The van der Waals surface area contributed by atoms with E-state index in [9.17, 15) is 9.18 Å². The van der Waals surface area contributed by atoms with E-state index in [-0.39, 0.29) is 11.7 Å². The zero-order valence-corrected chi connectivity index (χ0v) is 13.6. The Morgan fingerprint density at radius 3 is 2.87 bits per heavy atom. The number of rotatable bonds is 4. The first kappa shape index (κ1) is 15.7. The predicted octanol–water partition coefficient (Wildman–Crippen LogP) is 2.07. The smallest absolute Gasteiger partial charge is 0.273 e. The summed E-state index contributed by atoms with van der Waals surface area (Å²) in [6, 6.07) is 2.97. The van der Waals surface area contributed by atoms with Crippen LogP contribution in [-0.4, -0.2) is 53.5 Å². The molecule has 23 heavy (non-hydrogen) atoms. The van der Waals surface area contributed by atoms with Gasteiger partial charge < -0.3 is 15.1 Å². The zero-order valence-electron chi connectivity index (χ0n) is 12.8. The molecule has 0 spiro atoms. The molecule has 1 fully saturated rings. The van der Waals surface area contributed by atoms with Gasteiger partial charge in [0, 0.05) is 44.3 Å². The Hall–Kier alpha value is -2.22. The van der Waals surface area contributed by atoms with Gasteiger partial charge in [-0.25, -0.2) is 14.4 Å². The van der Waals surface area contributed by atoms with Gasteiger partial charge in [0.15, 0.2) is 16.8 Å². The molecule has 0 aliphatic carbocycles. The second-order valence-corrected chi connectivity index (χ2v) is 6.01. The molecule has 0 aromatic carbocycles. The monoisotopic (exact) mass is 335 g/mol. The Bertz CT molecular complexity index is 684. The number of nitrogens with zero attached hydrogens (tertiary/aromatic N) is 4. The Kier molecular flexibility index (Phi) is 4.71. The van der Waals surface area contributed by atoms with Crippen molar-refractivity contribution in [2.75, 3.05) is 42.9 Å². The number of carbonyl (C=O) groups is 1. The lowest BCUT2D eigenvalue weighted by Gasteiger charge is -2.35. The van der Waals surface area contributed by atoms with Crippen LogP contribution in [0.3, 0.4) is 0 Å². The molecule has 2 aromatic heterocycles. The molecule has 1 amide bonds. The van der Waals surface area contributed by atoms with Crippen molar-refractivity contribution in [2.45, 2.75) is 6.92 Å².